The summed E-state index contributed by atoms with van der Waals surface area (Å²) in [6.07, 6.45) is 2.94. The van der Waals surface area contributed by atoms with Crippen molar-refractivity contribution in [2.24, 2.45) is 0 Å². The standard InChI is InChI=1S/C17H18INO4/c1-2-3-8-22-15-14(20)7-9-23-16(15)17(21)19-11-12-5-4-6-13(18)10-12/h4-7,9-10H,2-3,8,11H2,1H3,(H,19,21). The van der Waals surface area contributed by atoms with Gasteiger partial charge in [0.15, 0.2) is 0 Å². The van der Waals surface area contributed by atoms with Crippen LogP contribution in [-0.4, -0.2) is 12.5 Å². The second-order valence-electron chi connectivity index (χ2n) is 4.96. The van der Waals surface area contributed by atoms with Gasteiger partial charge in [0.25, 0.3) is 5.91 Å². The van der Waals surface area contributed by atoms with E-state index in [1.165, 1.54) is 12.3 Å². The fourth-order valence-electron chi connectivity index (χ4n) is 1.93. The summed E-state index contributed by atoms with van der Waals surface area (Å²) in [7, 11) is 0. The monoisotopic (exact) mass is 427 g/mol. The van der Waals surface area contributed by atoms with Crippen molar-refractivity contribution in [3.05, 3.63) is 61.7 Å². The van der Waals surface area contributed by atoms with Crippen LogP contribution in [0, 0.1) is 3.57 Å². The zero-order valence-electron chi connectivity index (χ0n) is 12.8. The largest absolute Gasteiger partial charge is 0.486 e. The molecule has 1 N–H and O–H groups in total. The lowest BCUT2D eigenvalue weighted by atomic mass is 10.2. The number of benzene rings is 1. The first kappa shape index (κ1) is 17.5. The molecule has 0 aliphatic rings. The Labute approximate surface area is 148 Å². The molecule has 6 heteroatoms. The summed E-state index contributed by atoms with van der Waals surface area (Å²) in [6.45, 7) is 2.75. The molecule has 23 heavy (non-hydrogen) atoms. The number of nitrogens with one attached hydrogen (secondary N) is 1. The Morgan fingerprint density at radius 3 is 2.91 bits per heavy atom. The second kappa shape index (κ2) is 8.71. The van der Waals surface area contributed by atoms with Crippen LogP contribution < -0.4 is 15.5 Å². The third kappa shape index (κ3) is 5.09. The van der Waals surface area contributed by atoms with Crippen molar-refractivity contribution in [2.45, 2.75) is 26.3 Å². The fourth-order valence-corrected chi connectivity index (χ4v) is 2.53. The van der Waals surface area contributed by atoms with Gasteiger partial charge in [0.05, 0.1) is 12.9 Å². The highest BCUT2D eigenvalue weighted by molar-refractivity contribution is 14.1. The Kier molecular flexibility index (Phi) is 6.64. The SMILES string of the molecule is CCCCOc1c(C(=O)NCc2cccc(I)c2)occc1=O. The van der Waals surface area contributed by atoms with Gasteiger partial charge in [-0.15, -0.1) is 0 Å². The number of rotatable bonds is 7. The van der Waals surface area contributed by atoms with Gasteiger partial charge in [-0.3, -0.25) is 9.59 Å². The van der Waals surface area contributed by atoms with Crippen molar-refractivity contribution in [2.75, 3.05) is 6.61 Å². The lowest BCUT2D eigenvalue weighted by Gasteiger charge is -2.09. The van der Waals surface area contributed by atoms with E-state index in [-0.39, 0.29) is 16.9 Å². The summed E-state index contributed by atoms with van der Waals surface area (Å²) in [5, 5.41) is 2.75. The summed E-state index contributed by atoms with van der Waals surface area (Å²) in [5.74, 6) is -0.576. The van der Waals surface area contributed by atoms with Crippen LogP contribution in [0.15, 0.2) is 45.8 Å². The summed E-state index contributed by atoms with van der Waals surface area (Å²) in [5.41, 5.74) is 0.615. The number of hydrogen-bond acceptors (Lipinski definition) is 4. The first-order chi connectivity index (χ1) is 11.1. The van der Waals surface area contributed by atoms with E-state index in [9.17, 15) is 9.59 Å². The summed E-state index contributed by atoms with van der Waals surface area (Å²) in [6, 6.07) is 9.04. The first-order valence-corrected chi connectivity index (χ1v) is 8.47. The summed E-state index contributed by atoms with van der Waals surface area (Å²) in [4.78, 5) is 24.2. The van der Waals surface area contributed by atoms with Crippen molar-refractivity contribution in [3.8, 4) is 5.75 Å². The van der Waals surface area contributed by atoms with Crippen LogP contribution in [0.1, 0.15) is 35.9 Å². The second-order valence-corrected chi connectivity index (χ2v) is 6.20. The molecule has 0 radical (unpaired) electrons. The van der Waals surface area contributed by atoms with Crippen LogP contribution in [0.25, 0.3) is 0 Å². The Balaban J connectivity index is 2.09. The van der Waals surface area contributed by atoms with Crippen molar-refractivity contribution in [3.63, 3.8) is 0 Å². The van der Waals surface area contributed by atoms with Gasteiger partial charge in [0.1, 0.15) is 0 Å². The predicted molar refractivity (Wildman–Crippen MR) is 95.7 cm³/mol. The fraction of sp³-hybridized carbons (Fsp3) is 0.294. The van der Waals surface area contributed by atoms with Gasteiger partial charge in [-0.05, 0) is 46.7 Å². The quantitative estimate of drug-likeness (QED) is 0.544. The molecule has 5 nitrogen and oxygen atoms in total. The van der Waals surface area contributed by atoms with E-state index in [1.54, 1.807) is 0 Å². The van der Waals surface area contributed by atoms with E-state index in [1.807, 2.05) is 31.2 Å². The Bertz CT molecular complexity index is 727. The highest BCUT2D eigenvalue weighted by Gasteiger charge is 2.18. The average Bonchev–Trinajstić information content (AvgIpc) is 2.54. The molecule has 0 aliphatic heterocycles. The molecule has 0 unspecified atom stereocenters. The molecule has 0 atom stereocenters. The van der Waals surface area contributed by atoms with Crippen LogP contribution in [0.2, 0.25) is 0 Å². The molecule has 122 valence electrons. The van der Waals surface area contributed by atoms with Crippen LogP contribution in [0.4, 0.5) is 0 Å². The van der Waals surface area contributed by atoms with Gasteiger partial charge in [-0.25, -0.2) is 0 Å². The molecule has 1 amide bonds. The van der Waals surface area contributed by atoms with E-state index >= 15 is 0 Å². The van der Waals surface area contributed by atoms with Crippen LogP contribution in [0.5, 0.6) is 5.75 Å². The van der Waals surface area contributed by atoms with Crippen molar-refractivity contribution in [1.29, 1.82) is 0 Å². The van der Waals surface area contributed by atoms with Crippen LogP contribution >= 0.6 is 22.6 Å². The van der Waals surface area contributed by atoms with Gasteiger partial charge >= 0.3 is 0 Å². The average molecular weight is 427 g/mol. The third-order valence-electron chi connectivity index (χ3n) is 3.13. The third-order valence-corrected chi connectivity index (χ3v) is 3.80. The van der Waals surface area contributed by atoms with Gasteiger partial charge in [-0.1, -0.05) is 25.5 Å². The van der Waals surface area contributed by atoms with Crippen LogP contribution in [-0.2, 0) is 6.54 Å². The molecule has 1 aromatic heterocycles. The highest BCUT2D eigenvalue weighted by atomic mass is 127. The normalized spacial score (nSPS) is 10.3. The molecule has 1 heterocycles. The van der Waals surface area contributed by atoms with Crippen molar-refractivity contribution >= 4 is 28.5 Å². The summed E-state index contributed by atoms with van der Waals surface area (Å²) >= 11 is 2.21. The predicted octanol–water partition coefficient (Wildman–Crippen LogP) is 3.35. The molecule has 0 fully saturated rings. The molecule has 0 saturated heterocycles. The highest BCUT2D eigenvalue weighted by Crippen LogP contribution is 2.14. The van der Waals surface area contributed by atoms with E-state index in [4.69, 9.17) is 9.15 Å². The van der Waals surface area contributed by atoms with E-state index < -0.39 is 5.91 Å². The molecule has 0 bridgehead atoms. The number of carbonyl (C=O) groups excluding carboxylic acids is 1. The van der Waals surface area contributed by atoms with Gasteiger partial charge in [0.2, 0.25) is 16.9 Å². The summed E-state index contributed by atoms with van der Waals surface area (Å²) < 4.78 is 11.7. The van der Waals surface area contributed by atoms with Gasteiger partial charge < -0.3 is 14.5 Å². The van der Waals surface area contributed by atoms with Gasteiger partial charge in [-0.2, -0.15) is 0 Å². The number of carbonyl (C=O) groups is 1. The molecular weight excluding hydrogens is 409 g/mol. The maximum atomic E-state index is 12.3. The van der Waals surface area contributed by atoms with Crippen LogP contribution in [0.3, 0.4) is 0 Å². The number of halogens is 1. The lowest BCUT2D eigenvalue weighted by Crippen LogP contribution is -2.25. The number of ether oxygens (including phenoxy) is 1. The van der Waals surface area contributed by atoms with Gasteiger partial charge in [0, 0.05) is 16.2 Å². The zero-order chi connectivity index (χ0) is 16.7. The maximum absolute atomic E-state index is 12.3. The molecular formula is C17H18INO4. The smallest absolute Gasteiger partial charge is 0.291 e. The van der Waals surface area contributed by atoms with E-state index in [0.717, 1.165) is 22.0 Å². The zero-order valence-corrected chi connectivity index (χ0v) is 15.0. The maximum Gasteiger partial charge on any atom is 0.291 e. The number of hydrogen-bond donors (Lipinski definition) is 1. The molecule has 0 spiro atoms. The molecule has 1 aromatic carbocycles. The minimum Gasteiger partial charge on any atom is -0.486 e. The Morgan fingerprint density at radius 1 is 1.35 bits per heavy atom. The minimum absolute atomic E-state index is 0.0268. The Morgan fingerprint density at radius 2 is 2.17 bits per heavy atom. The Hall–Kier alpha value is -1.83. The first-order valence-electron chi connectivity index (χ1n) is 7.39. The van der Waals surface area contributed by atoms with E-state index in [2.05, 4.69) is 27.9 Å². The number of amides is 1. The molecule has 2 aromatic rings. The molecule has 2 rings (SSSR count). The minimum atomic E-state index is -0.465. The van der Waals surface area contributed by atoms with Crippen molar-refractivity contribution < 1.29 is 13.9 Å². The lowest BCUT2D eigenvalue weighted by molar-refractivity contribution is 0.0913. The topological polar surface area (TPSA) is 68.5 Å². The van der Waals surface area contributed by atoms with E-state index in [0.29, 0.717) is 13.2 Å². The molecule has 0 saturated carbocycles. The number of unbranched alkanes of at least 4 members (excludes halogenated alkanes) is 1. The molecule has 0 aliphatic carbocycles. The van der Waals surface area contributed by atoms with Crippen molar-refractivity contribution in [1.82, 2.24) is 5.32 Å².